The van der Waals surface area contributed by atoms with Gasteiger partial charge in [0.15, 0.2) is 0 Å². The number of hydrogen-bond donors (Lipinski definition) is 3. The molecule has 0 radical (unpaired) electrons. The van der Waals surface area contributed by atoms with Gasteiger partial charge in [0.1, 0.15) is 5.75 Å². The van der Waals surface area contributed by atoms with Crippen LogP contribution in [0.2, 0.25) is 0 Å². The summed E-state index contributed by atoms with van der Waals surface area (Å²) in [6.07, 6.45) is 2.73. The van der Waals surface area contributed by atoms with E-state index in [0.29, 0.717) is 5.75 Å². The largest absolute Gasteiger partial charge is 0.508 e. The summed E-state index contributed by atoms with van der Waals surface area (Å²) < 4.78 is 0. The maximum atomic E-state index is 9.26. The van der Waals surface area contributed by atoms with Crippen molar-refractivity contribution in [1.29, 1.82) is 0 Å². The molecule has 3 aromatic rings. The maximum Gasteiger partial charge on any atom is 0.115 e. The van der Waals surface area contributed by atoms with E-state index >= 15 is 0 Å². The SMILES string of the molecule is N/C(=C\NCCc1ccc(O)cc1)c1ccc2ccccc2c1. The summed E-state index contributed by atoms with van der Waals surface area (Å²) in [4.78, 5) is 0. The standard InChI is InChI=1S/C20H20N2O/c21-20(14-22-12-11-15-5-9-19(23)10-6-15)18-8-7-16-3-1-2-4-17(16)13-18/h1-10,13-14,22-23H,11-12,21H2/b20-14-. The summed E-state index contributed by atoms with van der Waals surface area (Å²) in [7, 11) is 0. The van der Waals surface area contributed by atoms with Crippen LogP contribution in [0.1, 0.15) is 11.1 Å². The highest BCUT2D eigenvalue weighted by molar-refractivity contribution is 5.85. The van der Waals surface area contributed by atoms with Crippen molar-refractivity contribution >= 4 is 16.5 Å². The molecule has 0 bridgehead atoms. The van der Waals surface area contributed by atoms with Gasteiger partial charge >= 0.3 is 0 Å². The number of rotatable bonds is 5. The molecule has 3 aromatic carbocycles. The Hall–Kier alpha value is -2.94. The molecule has 0 amide bonds. The predicted octanol–water partition coefficient (Wildman–Crippen LogP) is 3.63. The molecule has 0 aromatic heterocycles. The molecule has 0 atom stereocenters. The Bertz CT molecular complexity index is 822. The summed E-state index contributed by atoms with van der Waals surface area (Å²) in [5.74, 6) is 0.294. The van der Waals surface area contributed by atoms with Gasteiger partial charge < -0.3 is 16.2 Å². The fraction of sp³-hybridized carbons (Fsp3) is 0.100. The molecule has 23 heavy (non-hydrogen) atoms. The number of aromatic hydroxyl groups is 1. The van der Waals surface area contributed by atoms with E-state index in [2.05, 4.69) is 29.6 Å². The molecule has 0 aliphatic carbocycles. The van der Waals surface area contributed by atoms with Gasteiger partial charge in [-0.3, -0.25) is 0 Å². The molecular weight excluding hydrogens is 284 g/mol. The zero-order chi connectivity index (χ0) is 16.1. The highest BCUT2D eigenvalue weighted by Gasteiger charge is 1.99. The zero-order valence-corrected chi connectivity index (χ0v) is 12.9. The summed E-state index contributed by atoms with van der Waals surface area (Å²) in [6, 6.07) is 21.7. The summed E-state index contributed by atoms with van der Waals surface area (Å²) in [5.41, 5.74) is 9.06. The first-order valence-electron chi connectivity index (χ1n) is 7.68. The second-order valence-corrected chi connectivity index (χ2v) is 5.53. The highest BCUT2D eigenvalue weighted by Crippen LogP contribution is 2.18. The molecule has 0 unspecified atom stereocenters. The number of hydrogen-bond acceptors (Lipinski definition) is 3. The van der Waals surface area contributed by atoms with Crippen LogP contribution >= 0.6 is 0 Å². The van der Waals surface area contributed by atoms with Crippen LogP contribution in [0.25, 0.3) is 16.5 Å². The molecule has 3 nitrogen and oxygen atoms in total. The summed E-state index contributed by atoms with van der Waals surface area (Å²) >= 11 is 0. The Morgan fingerprint density at radius 1 is 0.957 bits per heavy atom. The van der Waals surface area contributed by atoms with Crippen LogP contribution in [0.15, 0.2) is 72.9 Å². The number of benzene rings is 3. The summed E-state index contributed by atoms with van der Waals surface area (Å²) in [5, 5.41) is 14.9. The van der Waals surface area contributed by atoms with Crippen LogP contribution < -0.4 is 11.1 Å². The average molecular weight is 304 g/mol. The Kier molecular flexibility index (Phi) is 4.48. The Morgan fingerprint density at radius 3 is 2.48 bits per heavy atom. The number of phenolic OH excluding ortho intramolecular Hbond substituents is 1. The smallest absolute Gasteiger partial charge is 0.115 e. The van der Waals surface area contributed by atoms with E-state index in [0.717, 1.165) is 24.2 Å². The van der Waals surface area contributed by atoms with Gasteiger partial charge in [0.25, 0.3) is 0 Å². The molecule has 0 fully saturated rings. The topological polar surface area (TPSA) is 58.3 Å². The van der Waals surface area contributed by atoms with Crippen LogP contribution in [0.4, 0.5) is 0 Å². The van der Waals surface area contributed by atoms with Crippen molar-refractivity contribution < 1.29 is 5.11 Å². The number of nitrogens with one attached hydrogen (secondary N) is 1. The molecule has 0 aliphatic rings. The Balaban J connectivity index is 1.61. The van der Waals surface area contributed by atoms with E-state index < -0.39 is 0 Å². The first-order chi connectivity index (χ1) is 11.2. The monoisotopic (exact) mass is 304 g/mol. The predicted molar refractivity (Wildman–Crippen MR) is 95.9 cm³/mol. The van der Waals surface area contributed by atoms with Crippen molar-refractivity contribution in [2.45, 2.75) is 6.42 Å². The van der Waals surface area contributed by atoms with E-state index in [1.807, 2.05) is 36.5 Å². The molecular formula is C20H20N2O. The zero-order valence-electron chi connectivity index (χ0n) is 12.9. The van der Waals surface area contributed by atoms with E-state index in [4.69, 9.17) is 5.73 Å². The fourth-order valence-electron chi connectivity index (χ4n) is 2.51. The molecule has 3 rings (SSSR count). The number of fused-ring (bicyclic) bond motifs is 1. The molecule has 0 saturated heterocycles. The molecule has 4 N–H and O–H groups in total. The highest BCUT2D eigenvalue weighted by atomic mass is 16.3. The third-order valence-corrected chi connectivity index (χ3v) is 3.83. The second-order valence-electron chi connectivity index (χ2n) is 5.53. The Morgan fingerprint density at radius 2 is 1.70 bits per heavy atom. The maximum absolute atomic E-state index is 9.26. The number of phenols is 1. The van der Waals surface area contributed by atoms with Crippen molar-refractivity contribution in [2.24, 2.45) is 5.73 Å². The molecule has 116 valence electrons. The van der Waals surface area contributed by atoms with Gasteiger partial charge in [-0.25, -0.2) is 0 Å². The summed E-state index contributed by atoms with van der Waals surface area (Å²) in [6.45, 7) is 0.791. The third-order valence-electron chi connectivity index (χ3n) is 3.83. The first-order valence-corrected chi connectivity index (χ1v) is 7.68. The van der Waals surface area contributed by atoms with Crippen LogP contribution in [0, 0.1) is 0 Å². The average Bonchev–Trinajstić information content (AvgIpc) is 2.59. The lowest BCUT2D eigenvalue weighted by Crippen LogP contribution is -2.12. The lowest BCUT2D eigenvalue weighted by atomic mass is 10.1. The lowest BCUT2D eigenvalue weighted by Gasteiger charge is -2.06. The normalized spacial score (nSPS) is 11.6. The molecule has 0 saturated carbocycles. The van der Waals surface area contributed by atoms with Gasteiger partial charge in [-0.1, -0.05) is 48.5 Å². The van der Waals surface area contributed by atoms with E-state index in [1.54, 1.807) is 12.1 Å². The van der Waals surface area contributed by atoms with Crippen molar-refractivity contribution in [3.05, 3.63) is 84.1 Å². The molecule has 0 spiro atoms. The quantitative estimate of drug-likeness (QED) is 0.631. The minimum absolute atomic E-state index is 0.294. The Labute approximate surface area is 136 Å². The molecule has 0 heterocycles. The van der Waals surface area contributed by atoms with Crippen molar-refractivity contribution in [3.63, 3.8) is 0 Å². The lowest BCUT2D eigenvalue weighted by molar-refractivity contribution is 0.475. The fourth-order valence-corrected chi connectivity index (χ4v) is 2.51. The van der Waals surface area contributed by atoms with Gasteiger partial charge in [-0.2, -0.15) is 0 Å². The third kappa shape index (κ3) is 3.83. The molecule has 3 heteroatoms. The van der Waals surface area contributed by atoms with Gasteiger partial charge in [-0.05, 0) is 46.5 Å². The van der Waals surface area contributed by atoms with Crippen molar-refractivity contribution in [3.8, 4) is 5.75 Å². The van der Waals surface area contributed by atoms with Crippen molar-refractivity contribution in [2.75, 3.05) is 6.54 Å². The van der Waals surface area contributed by atoms with Gasteiger partial charge in [0.2, 0.25) is 0 Å². The van der Waals surface area contributed by atoms with Gasteiger partial charge in [-0.15, -0.1) is 0 Å². The molecule has 0 aliphatic heterocycles. The minimum atomic E-state index is 0.294. The van der Waals surface area contributed by atoms with E-state index in [9.17, 15) is 5.11 Å². The minimum Gasteiger partial charge on any atom is -0.508 e. The van der Waals surface area contributed by atoms with Crippen LogP contribution in [-0.4, -0.2) is 11.7 Å². The van der Waals surface area contributed by atoms with Gasteiger partial charge in [0.05, 0.1) is 5.70 Å². The van der Waals surface area contributed by atoms with Gasteiger partial charge in [0, 0.05) is 12.7 Å². The second kappa shape index (κ2) is 6.88. The van der Waals surface area contributed by atoms with Crippen LogP contribution in [0.5, 0.6) is 5.75 Å². The van der Waals surface area contributed by atoms with Crippen molar-refractivity contribution in [1.82, 2.24) is 5.32 Å². The van der Waals surface area contributed by atoms with Crippen LogP contribution in [-0.2, 0) is 6.42 Å². The van der Waals surface area contributed by atoms with Crippen LogP contribution in [0.3, 0.4) is 0 Å². The number of nitrogens with two attached hydrogens (primary N) is 1. The van der Waals surface area contributed by atoms with E-state index in [1.165, 1.54) is 16.3 Å². The van der Waals surface area contributed by atoms with E-state index in [-0.39, 0.29) is 0 Å². The first kappa shape index (κ1) is 15.0.